The lowest BCUT2D eigenvalue weighted by molar-refractivity contribution is -0.274. The molecule has 0 aliphatic carbocycles. The van der Waals surface area contributed by atoms with E-state index in [2.05, 4.69) is 4.74 Å². The van der Waals surface area contributed by atoms with Gasteiger partial charge in [-0.05, 0) is 17.7 Å². The Balaban J connectivity index is 2.72. The molecule has 0 unspecified atom stereocenters. The van der Waals surface area contributed by atoms with Gasteiger partial charge in [0.05, 0.1) is 12.0 Å². The summed E-state index contributed by atoms with van der Waals surface area (Å²) < 4.78 is 39.0. The van der Waals surface area contributed by atoms with Crippen LogP contribution in [0.3, 0.4) is 0 Å². The Hall–Kier alpha value is -0.940. The normalized spacial score (nSPS) is 13.7. The molecular weight excluding hydrogens is 233 g/mol. The van der Waals surface area contributed by atoms with Crippen LogP contribution in [0.1, 0.15) is 11.7 Å². The second-order valence-electron chi connectivity index (χ2n) is 2.79. The minimum absolute atomic E-state index is 0.0144. The van der Waals surface area contributed by atoms with Crippen LogP contribution in [0, 0.1) is 0 Å². The summed E-state index contributed by atoms with van der Waals surface area (Å²) in [6.07, 6.45) is -5.58. The second-order valence-corrected chi connectivity index (χ2v) is 3.10. The van der Waals surface area contributed by atoms with Crippen molar-refractivity contribution in [1.29, 1.82) is 0 Å². The maximum atomic E-state index is 11.8. The summed E-state index contributed by atoms with van der Waals surface area (Å²) in [4.78, 5) is 0. The molecule has 1 rings (SSSR count). The van der Waals surface area contributed by atoms with Gasteiger partial charge in [0.15, 0.2) is 0 Å². The summed E-state index contributed by atoms with van der Waals surface area (Å²) in [5.74, 6) is -0.340. The van der Waals surface area contributed by atoms with Crippen molar-refractivity contribution in [3.05, 3.63) is 29.8 Å². The van der Waals surface area contributed by atoms with Crippen LogP contribution in [0.2, 0.25) is 0 Å². The smallest absolute Gasteiger partial charge is 0.406 e. The number of aliphatic hydroxyl groups excluding tert-OH is 1. The molecule has 0 fully saturated rings. The van der Waals surface area contributed by atoms with E-state index in [9.17, 15) is 18.3 Å². The Labute approximate surface area is 89.2 Å². The minimum Gasteiger partial charge on any atom is -0.406 e. The van der Waals surface area contributed by atoms with Crippen molar-refractivity contribution < 1.29 is 23.0 Å². The van der Waals surface area contributed by atoms with Gasteiger partial charge in [0.25, 0.3) is 0 Å². The van der Waals surface area contributed by atoms with Gasteiger partial charge in [-0.1, -0.05) is 12.1 Å². The van der Waals surface area contributed by atoms with Crippen LogP contribution in [-0.4, -0.2) is 17.3 Å². The molecule has 84 valence electrons. The van der Waals surface area contributed by atoms with Gasteiger partial charge < -0.3 is 9.84 Å². The maximum absolute atomic E-state index is 11.8. The van der Waals surface area contributed by atoms with Crippen molar-refractivity contribution in [1.82, 2.24) is 0 Å². The van der Waals surface area contributed by atoms with Crippen LogP contribution < -0.4 is 4.74 Å². The first kappa shape index (κ1) is 12.1. The van der Waals surface area contributed by atoms with Crippen LogP contribution in [0.5, 0.6) is 5.75 Å². The zero-order chi connectivity index (χ0) is 11.5. The fourth-order valence-corrected chi connectivity index (χ4v) is 1.16. The molecule has 1 atom stereocenters. The third kappa shape index (κ3) is 3.97. The molecule has 0 amide bonds. The van der Waals surface area contributed by atoms with E-state index in [-0.39, 0.29) is 11.6 Å². The van der Waals surface area contributed by atoms with Gasteiger partial charge in [-0.3, -0.25) is 0 Å². The molecule has 0 aromatic heterocycles. The van der Waals surface area contributed by atoms with Gasteiger partial charge in [-0.2, -0.15) is 0 Å². The summed E-state index contributed by atoms with van der Waals surface area (Å²) in [6, 6.07) is 4.90. The molecule has 0 bridgehead atoms. The lowest BCUT2D eigenvalue weighted by atomic mass is 10.1. The van der Waals surface area contributed by atoms with E-state index in [0.717, 1.165) is 12.1 Å². The molecule has 15 heavy (non-hydrogen) atoms. The number of halogens is 4. The first-order chi connectivity index (χ1) is 6.92. The monoisotopic (exact) mass is 240 g/mol. The van der Waals surface area contributed by atoms with E-state index in [1.165, 1.54) is 12.1 Å². The number of rotatable bonds is 3. The number of ether oxygens (including phenoxy) is 1. The molecule has 0 aliphatic heterocycles. The Morgan fingerprint density at radius 3 is 2.20 bits per heavy atom. The maximum Gasteiger partial charge on any atom is 0.573 e. The molecular formula is C9H8ClF3O2. The highest BCUT2D eigenvalue weighted by Crippen LogP contribution is 2.24. The van der Waals surface area contributed by atoms with E-state index in [0.29, 0.717) is 5.56 Å². The van der Waals surface area contributed by atoms with Gasteiger partial charge in [0, 0.05) is 0 Å². The molecule has 1 aromatic carbocycles. The average Bonchev–Trinajstić information content (AvgIpc) is 2.15. The summed E-state index contributed by atoms with van der Waals surface area (Å²) in [6.45, 7) is 0. The van der Waals surface area contributed by atoms with Crippen LogP contribution in [0.4, 0.5) is 13.2 Å². The highest BCUT2D eigenvalue weighted by Gasteiger charge is 2.30. The first-order valence-corrected chi connectivity index (χ1v) is 4.55. The van der Waals surface area contributed by atoms with Crippen molar-refractivity contribution in [2.24, 2.45) is 0 Å². The number of hydrogen-bond acceptors (Lipinski definition) is 2. The van der Waals surface area contributed by atoms with Gasteiger partial charge >= 0.3 is 6.36 Å². The Morgan fingerprint density at radius 2 is 1.80 bits per heavy atom. The largest absolute Gasteiger partial charge is 0.573 e. The van der Waals surface area contributed by atoms with Crippen LogP contribution >= 0.6 is 11.6 Å². The SMILES string of the molecule is O[C@H](CCl)c1ccc(OC(F)(F)F)cc1. The van der Waals surface area contributed by atoms with E-state index in [1.807, 2.05) is 0 Å². The molecule has 0 spiro atoms. The fraction of sp³-hybridized carbons (Fsp3) is 0.333. The zero-order valence-corrected chi connectivity index (χ0v) is 8.22. The predicted octanol–water partition coefficient (Wildman–Crippen LogP) is 2.86. The van der Waals surface area contributed by atoms with Crippen molar-refractivity contribution in [2.75, 3.05) is 5.88 Å². The Kier molecular flexibility index (Phi) is 3.82. The summed E-state index contributed by atoms with van der Waals surface area (Å²) in [5, 5.41) is 9.26. The van der Waals surface area contributed by atoms with Crippen LogP contribution in [0.25, 0.3) is 0 Å². The van der Waals surface area contributed by atoms with E-state index >= 15 is 0 Å². The van der Waals surface area contributed by atoms with E-state index in [4.69, 9.17) is 11.6 Å². The van der Waals surface area contributed by atoms with Crippen LogP contribution in [0.15, 0.2) is 24.3 Å². The Morgan fingerprint density at radius 1 is 1.27 bits per heavy atom. The highest BCUT2D eigenvalue weighted by atomic mass is 35.5. The first-order valence-electron chi connectivity index (χ1n) is 4.02. The molecule has 0 radical (unpaired) electrons. The molecule has 0 heterocycles. The molecule has 1 N–H and O–H groups in total. The quantitative estimate of drug-likeness (QED) is 0.824. The molecule has 0 aliphatic rings. The molecule has 0 saturated carbocycles. The standard InChI is InChI=1S/C9H8ClF3O2/c10-5-8(14)6-1-3-7(4-2-6)15-9(11,12)13/h1-4,8,14H,5H2/t8-/m1/s1. The summed E-state index contributed by atoms with van der Waals surface area (Å²) in [7, 11) is 0. The minimum atomic E-state index is -4.70. The summed E-state index contributed by atoms with van der Waals surface area (Å²) in [5.41, 5.74) is 0.444. The molecule has 1 aromatic rings. The lowest BCUT2D eigenvalue weighted by Gasteiger charge is -2.10. The van der Waals surface area contributed by atoms with Crippen molar-refractivity contribution in [3.8, 4) is 5.75 Å². The second kappa shape index (κ2) is 4.72. The van der Waals surface area contributed by atoms with Gasteiger partial charge in [0.2, 0.25) is 0 Å². The highest BCUT2D eigenvalue weighted by molar-refractivity contribution is 6.18. The van der Waals surface area contributed by atoms with Crippen molar-refractivity contribution >= 4 is 11.6 Å². The average molecular weight is 241 g/mol. The number of aliphatic hydroxyl groups is 1. The van der Waals surface area contributed by atoms with Gasteiger partial charge in [-0.25, -0.2) is 0 Å². The fourth-order valence-electron chi connectivity index (χ4n) is 0.981. The third-order valence-electron chi connectivity index (χ3n) is 1.64. The molecule has 0 saturated heterocycles. The number of alkyl halides is 4. The number of hydrogen-bond donors (Lipinski definition) is 1. The Bertz CT molecular complexity index is 310. The zero-order valence-electron chi connectivity index (χ0n) is 7.46. The predicted molar refractivity (Wildman–Crippen MR) is 48.8 cm³/mol. The van der Waals surface area contributed by atoms with Crippen molar-refractivity contribution in [3.63, 3.8) is 0 Å². The van der Waals surface area contributed by atoms with Gasteiger partial charge in [0.1, 0.15) is 5.75 Å². The van der Waals surface area contributed by atoms with E-state index in [1.54, 1.807) is 0 Å². The number of benzene rings is 1. The van der Waals surface area contributed by atoms with Crippen molar-refractivity contribution in [2.45, 2.75) is 12.5 Å². The van der Waals surface area contributed by atoms with Gasteiger partial charge in [-0.15, -0.1) is 24.8 Å². The van der Waals surface area contributed by atoms with E-state index < -0.39 is 12.5 Å². The lowest BCUT2D eigenvalue weighted by Crippen LogP contribution is -2.17. The molecule has 2 nitrogen and oxygen atoms in total. The summed E-state index contributed by atoms with van der Waals surface area (Å²) >= 11 is 5.37. The van der Waals surface area contributed by atoms with Crippen LogP contribution in [-0.2, 0) is 0 Å². The third-order valence-corrected chi connectivity index (χ3v) is 1.94. The molecule has 6 heteroatoms. The topological polar surface area (TPSA) is 29.5 Å².